The van der Waals surface area contributed by atoms with E-state index in [1.165, 1.54) is 0 Å². The van der Waals surface area contributed by atoms with Crippen LogP contribution in [0.2, 0.25) is 0 Å². The fraction of sp³-hybridized carbons (Fsp3) is 0.429. The molecule has 5 nitrogen and oxygen atoms in total. The molecule has 64 valence electrons. The average Bonchev–Trinajstić information content (AvgIpc) is 2.56. The molecule has 1 aliphatic heterocycles. The van der Waals surface area contributed by atoms with Crippen molar-refractivity contribution in [1.29, 1.82) is 0 Å². The maximum Gasteiger partial charge on any atom is 0.246 e. The van der Waals surface area contributed by atoms with Crippen LogP contribution in [0, 0.1) is 0 Å². The lowest BCUT2D eigenvalue weighted by atomic mass is 10.1. The van der Waals surface area contributed by atoms with E-state index in [0.29, 0.717) is 6.61 Å². The minimum absolute atomic E-state index is 0.0509. The Balaban J connectivity index is 2.09. The molecule has 0 bridgehead atoms. The quantitative estimate of drug-likeness (QED) is 0.598. The molecule has 2 rings (SSSR count). The van der Waals surface area contributed by atoms with E-state index in [1.54, 1.807) is 12.4 Å². The van der Waals surface area contributed by atoms with Crippen LogP contribution < -0.4 is 5.32 Å². The zero-order chi connectivity index (χ0) is 8.39. The van der Waals surface area contributed by atoms with Crippen LogP contribution in [0.15, 0.2) is 12.4 Å². The summed E-state index contributed by atoms with van der Waals surface area (Å²) in [5, 5.41) is 9.27. The van der Waals surface area contributed by atoms with Crippen molar-refractivity contribution in [2.45, 2.75) is 6.04 Å². The standard InChI is InChI=1S/C7H9N3O2/c11-7-4-12-3-6(10-7)5-1-8-9-2-5/h1-2,6H,3-4H2,(H,8,9)(H,10,11). The third-order valence-corrected chi connectivity index (χ3v) is 1.77. The van der Waals surface area contributed by atoms with Crippen LogP contribution in [0.5, 0.6) is 0 Å². The van der Waals surface area contributed by atoms with Crippen molar-refractivity contribution in [3.05, 3.63) is 18.0 Å². The summed E-state index contributed by atoms with van der Waals surface area (Å²) < 4.78 is 5.06. The van der Waals surface area contributed by atoms with Gasteiger partial charge in [-0.1, -0.05) is 0 Å². The Bertz CT molecular complexity index is 270. The minimum Gasteiger partial charge on any atom is -0.369 e. The molecule has 0 radical (unpaired) electrons. The highest BCUT2D eigenvalue weighted by Gasteiger charge is 2.20. The lowest BCUT2D eigenvalue weighted by molar-refractivity contribution is -0.131. The van der Waals surface area contributed by atoms with E-state index in [-0.39, 0.29) is 18.6 Å². The first-order chi connectivity index (χ1) is 5.86. The highest BCUT2D eigenvalue weighted by atomic mass is 16.5. The van der Waals surface area contributed by atoms with Gasteiger partial charge in [0.15, 0.2) is 0 Å². The number of carbonyl (C=O) groups is 1. The summed E-state index contributed by atoms with van der Waals surface area (Å²) in [6.07, 6.45) is 3.43. The van der Waals surface area contributed by atoms with Gasteiger partial charge in [0, 0.05) is 11.8 Å². The van der Waals surface area contributed by atoms with E-state index >= 15 is 0 Å². The zero-order valence-corrected chi connectivity index (χ0v) is 6.41. The summed E-state index contributed by atoms with van der Waals surface area (Å²) in [5.74, 6) is -0.0764. The number of carbonyl (C=O) groups excluding carboxylic acids is 1. The maximum absolute atomic E-state index is 10.9. The summed E-state index contributed by atoms with van der Waals surface area (Å²) in [6, 6.07) is -0.0509. The van der Waals surface area contributed by atoms with Crippen molar-refractivity contribution in [1.82, 2.24) is 15.5 Å². The number of aromatic amines is 1. The van der Waals surface area contributed by atoms with Crippen LogP contribution in [-0.4, -0.2) is 29.3 Å². The van der Waals surface area contributed by atoms with Crippen molar-refractivity contribution in [2.75, 3.05) is 13.2 Å². The molecule has 0 aliphatic carbocycles. The summed E-state index contributed by atoms with van der Waals surface area (Å²) in [7, 11) is 0. The number of ether oxygens (including phenoxy) is 1. The first kappa shape index (κ1) is 7.30. The Morgan fingerprint density at radius 2 is 2.58 bits per heavy atom. The van der Waals surface area contributed by atoms with Gasteiger partial charge in [0.1, 0.15) is 6.61 Å². The molecule has 0 spiro atoms. The molecule has 0 saturated carbocycles. The number of aromatic nitrogens is 2. The minimum atomic E-state index is -0.0764. The molecule has 1 atom stereocenters. The van der Waals surface area contributed by atoms with Gasteiger partial charge < -0.3 is 10.1 Å². The SMILES string of the molecule is O=C1COCC(c2cn[nH]c2)N1. The molecule has 0 aromatic carbocycles. The fourth-order valence-electron chi connectivity index (χ4n) is 1.18. The van der Waals surface area contributed by atoms with Gasteiger partial charge in [0.25, 0.3) is 0 Å². The van der Waals surface area contributed by atoms with Crippen molar-refractivity contribution < 1.29 is 9.53 Å². The van der Waals surface area contributed by atoms with Crippen molar-refractivity contribution in [3.8, 4) is 0 Å². The Morgan fingerprint density at radius 3 is 3.25 bits per heavy atom. The lowest BCUT2D eigenvalue weighted by Crippen LogP contribution is -2.39. The Kier molecular flexibility index (Phi) is 1.79. The molecule has 2 N–H and O–H groups in total. The maximum atomic E-state index is 10.9. The summed E-state index contributed by atoms with van der Waals surface area (Å²) in [4.78, 5) is 10.9. The van der Waals surface area contributed by atoms with Gasteiger partial charge in [-0.05, 0) is 0 Å². The van der Waals surface area contributed by atoms with E-state index in [2.05, 4.69) is 15.5 Å². The zero-order valence-electron chi connectivity index (χ0n) is 6.41. The third-order valence-electron chi connectivity index (χ3n) is 1.77. The van der Waals surface area contributed by atoms with E-state index in [0.717, 1.165) is 5.56 Å². The second kappa shape index (κ2) is 2.94. The third kappa shape index (κ3) is 1.31. The summed E-state index contributed by atoms with van der Waals surface area (Å²) in [6.45, 7) is 0.680. The molecule has 1 aromatic rings. The highest BCUT2D eigenvalue weighted by Crippen LogP contribution is 2.13. The van der Waals surface area contributed by atoms with Gasteiger partial charge >= 0.3 is 0 Å². The van der Waals surface area contributed by atoms with Gasteiger partial charge in [-0.25, -0.2) is 0 Å². The normalized spacial score (nSPS) is 23.7. The van der Waals surface area contributed by atoms with E-state index < -0.39 is 0 Å². The molecular weight excluding hydrogens is 158 g/mol. The number of hydrogen-bond donors (Lipinski definition) is 2. The van der Waals surface area contributed by atoms with E-state index in [1.807, 2.05) is 0 Å². The van der Waals surface area contributed by atoms with E-state index in [9.17, 15) is 4.79 Å². The predicted molar refractivity (Wildman–Crippen MR) is 40.3 cm³/mol. The van der Waals surface area contributed by atoms with Crippen molar-refractivity contribution in [2.24, 2.45) is 0 Å². The number of morpholine rings is 1. The molecule has 1 saturated heterocycles. The van der Waals surface area contributed by atoms with Gasteiger partial charge in [-0.3, -0.25) is 9.89 Å². The van der Waals surface area contributed by atoms with Gasteiger partial charge in [0.2, 0.25) is 5.91 Å². The van der Waals surface area contributed by atoms with Crippen LogP contribution in [0.1, 0.15) is 11.6 Å². The summed E-state index contributed by atoms with van der Waals surface area (Å²) in [5.41, 5.74) is 0.947. The van der Waals surface area contributed by atoms with Crippen LogP contribution in [0.25, 0.3) is 0 Å². The van der Waals surface area contributed by atoms with Crippen LogP contribution in [-0.2, 0) is 9.53 Å². The molecule has 1 aliphatic rings. The van der Waals surface area contributed by atoms with E-state index in [4.69, 9.17) is 4.74 Å². The van der Waals surface area contributed by atoms with Gasteiger partial charge in [0.05, 0.1) is 18.8 Å². The number of hydrogen-bond acceptors (Lipinski definition) is 3. The number of amides is 1. The Morgan fingerprint density at radius 1 is 1.67 bits per heavy atom. The van der Waals surface area contributed by atoms with Crippen LogP contribution >= 0.6 is 0 Å². The molecule has 5 heteroatoms. The molecular formula is C7H9N3O2. The second-order valence-electron chi connectivity index (χ2n) is 2.67. The topological polar surface area (TPSA) is 67.0 Å². The van der Waals surface area contributed by atoms with Crippen molar-refractivity contribution >= 4 is 5.91 Å². The molecule has 1 unspecified atom stereocenters. The van der Waals surface area contributed by atoms with Gasteiger partial charge in [-0.2, -0.15) is 5.10 Å². The molecule has 1 aromatic heterocycles. The molecule has 2 heterocycles. The largest absolute Gasteiger partial charge is 0.369 e. The monoisotopic (exact) mass is 167 g/mol. The number of H-pyrrole nitrogens is 1. The first-order valence-corrected chi connectivity index (χ1v) is 3.72. The highest BCUT2D eigenvalue weighted by molar-refractivity contribution is 5.78. The van der Waals surface area contributed by atoms with Gasteiger partial charge in [-0.15, -0.1) is 0 Å². The second-order valence-corrected chi connectivity index (χ2v) is 2.67. The number of nitrogens with one attached hydrogen (secondary N) is 2. The predicted octanol–water partition coefficient (Wildman–Crippen LogP) is -0.403. The smallest absolute Gasteiger partial charge is 0.246 e. The fourth-order valence-corrected chi connectivity index (χ4v) is 1.18. The van der Waals surface area contributed by atoms with Crippen LogP contribution in [0.4, 0.5) is 0 Å². The van der Waals surface area contributed by atoms with Crippen molar-refractivity contribution in [3.63, 3.8) is 0 Å². The Labute approximate surface area is 69.1 Å². The Hall–Kier alpha value is -1.36. The first-order valence-electron chi connectivity index (χ1n) is 3.72. The molecule has 1 fully saturated rings. The molecule has 12 heavy (non-hydrogen) atoms. The van der Waals surface area contributed by atoms with Crippen LogP contribution in [0.3, 0.4) is 0 Å². The average molecular weight is 167 g/mol. The molecule has 1 amide bonds. The number of nitrogens with zero attached hydrogens (tertiary/aromatic N) is 1. The lowest BCUT2D eigenvalue weighted by Gasteiger charge is -2.22. The summed E-state index contributed by atoms with van der Waals surface area (Å²) >= 11 is 0. The number of rotatable bonds is 1.